The molecule has 3 nitrogen and oxygen atoms in total. The van der Waals surface area contributed by atoms with Gasteiger partial charge in [-0.05, 0) is 11.5 Å². The van der Waals surface area contributed by atoms with E-state index in [4.69, 9.17) is 5.14 Å². The van der Waals surface area contributed by atoms with Gasteiger partial charge in [0.15, 0.2) is 0 Å². The first-order valence-electron chi connectivity index (χ1n) is 4.23. The van der Waals surface area contributed by atoms with E-state index in [0.29, 0.717) is 10.3 Å². The van der Waals surface area contributed by atoms with Crippen LogP contribution in [0.3, 0.4) is 0 Å². The van der Waals surface area contributed by atoms with Crippen molar-refractivity contribution in [3.63, 3.8) is 0 Å². The molecule has 0 fully saturated rings. The highest BCUT2D eigenvalue weighted by atomic mass is 32.2. The normalized spacial score (nSPS) is 11.9. The van der Waals surface area contributed by atoms with Crippen molar-refractivity contribution < 1.29 is 8.42 Å². The second kappa shape index (κ2) is 3.52. The summed E-state index contributed by atoms with van der Waals surface area (Å²) < 4.78 is 22.8. The number of rotatable bonds is 1. The van der Waals surface area contributed by atoms with Gasteiger partial charge in [0.25, 0.3) is 0 Å². The molecule has 2 aromatic rings. The molecular weight excluding hydrogens is 230 g/mol. The van der Waals surface area contributed by atoms with Crippen molar-refractivity contribution in [2.24, 2.45) is 5.14 Å². The fourth-order valence-electron chi connectivity index (χ4n) is 1.53. The lowest BCUT2D eigenvalue weighted by Gasteiger charge is -2.06. The number of benzene rings is 2. The van der Waals surface area contributed by atoms with Crippen LogP contribution in [0.25, 0.3) is 10.8 Å². The standard InChI is InChI=1S/C10H9NO2S2/c11-15(12,13)10-8-4-2-1-3-7(8)5-6-9(10)14/h1-6,14H,(H2,11,12,13). The molecule has 0 amide bonds. The van der Waals surface area contributed by atoms with Crippen LogP contribution in [0.15, 0.2) is 46.2 Å². The minimum Gasteiger partial charge on any atom is -0.225 e. The van der Waals surface area contributed by atoms with Crippen LogP contribution in [0.5, 0.6) is 0 Å². The quantitative estimate of drug-likeness (QED) is 0.745. The average Bonchev–Trinajstić information content (AvgIpc) is 2.15. The molecule has 0 aliphatic rings. The fourth-order valence-corrected chi connectivity index (χ4v) is 2.96. The number of nitrogens with two attached hydrogens (primary N) is 1. The van der Waals surface area contributed by atoms with Crippen molar-refractivity contribution >= 4 is 33.4 Å². The van der Waals surface area contributed by atoms with Crippen LogP contribution in [0.4, 0.5) is 0 Å². The molecule has 0 radical (unpaired) electrons. The molecule has 0 unspecified atom stereocenters. The van der Waals surface area contributed by atoms with E-state index in [9.17, 15) is 8.42 Å². The summed E-state index contributed by atoms with van der Waals surface area (Å²) in [5, 5.41) is 6.58. The van der Waals surface area contributed by atoms with E-state index in [1.807, 2.05) is 18.2 Å². The molecule has 0 aliphatic carbocycles. The highest BCUT2D eigenvalue weighted by molar-refractivity contribution is 7.90. The van der Waals surface area contributed by atoms with E-state index >= 15 is 0 Å². The molecule has 0 saturated carbocycles. The van der Waals surface area contributed by atoms with Crippen LogP contribution in [-0.4, -0.2) is 8.42 Å². The Bertz CT molecular complexity index is 620. The molecule has 0 spiro atoms. The molecule has 0 aromatic heterocycles. The zero-order valence-corrected chi connectivity index (χ0v) is 9.42. The molecule has 0 aliphatic heterocycles. The second-order valence-corrected chi connectivity index (χ2v) is 5.16. The number of hydrogen-bond donors (Lipinski definition) is 2. The van der Waals surface area contributed by atoms with Crippen LogP contribution in [0, 0.1) is 0 Å². The molecular formula is C10H9NO2S2. The molecule has 2 rings (SSSR count). The zero-order chi connectivity index (χ0) is 11.1. The van der Waals surface area contributed by atoms with Crippen LogP contribution in [0.1, 0.15) is 0 Å². The summed E-state index contributed by atoms with van der Waals surface area (Å²) in [6.07, 6.45) is 0. The highest BCUT2D eigenvalue weighted by Crippen LogP contribution is 2.27. The van der Waals surface area contributed by atoms with Gasteiger partial charge in [-0.2, -0.15) is 0 Å². The number of sulfonamides is 1. The molecule has 0 bridgehead atoms. The average molecular weight is 239 g/mol. The first kappa shape index (κ1) is 10.5. The summed E-state index contributed by atoms with van der Waals surface area (Å²) in [6, 6.07) is 10.6. The van der Waals surface area contributed by atoms with Crippen molar-refractivity contribution in [3.8, 4) is 0 Å². The second-order valence-electron chi connectivity index (χ2n) is 3.18. The third-order valence-electron chi connectivity index (χ3n) is 2.14. The summed E-state index contributed by atoms with van der Waals surface area (Å²) in [6.45, 7) is 0. The van der Waals surface area contributed by atoms with Gasteiger partial charge >= 0.3 is 0 Å². The Kier molecular flexibility index (Phi) is 2.46. The maximum atomic E-state index is 11.4. The maximum Gasteiger partial charge on any atom is 0.239 e. The molecule has 15 heavy (non-hydrogen) atoms. The summed E-state index contributed by atoms with van der Waals surface area (Å²) in [5.41, 5.74) is 0. The Morgan fingerprint density at radius 2 is 1.73 bits per heavy atom. The van der Waals surface area contributed by atoms with Crippen molar-refractivity contribution in [1.82, 2.24) is 0 Å². The summed E-state index contributed by atoms with van der Waals surface area (Å²) in [5.74, 6) is 0. The van der Waals surface area contributed by atoms with Crippen molar-refractivity contribution in [3.05, 3.63) is 36.4 Å². The Morgan fingerprint density at radius 3 is 2.40 bits per heavy atom. The monoisotopic (exact) mass is 239 g/mol. The topological polar surface area (TPSA) is 60.2 Å². The van der Waals surface area contributed by atoms with E-state index in [2.05, 4.69) is 12.6 Å². The van der Waals surface area contributed by atoms with Crippen LogP contribution >= 0.6 is 12.6 Å². The lowest BCUT2D eigenvalue weighted by atomic mass is 10.1. The third-order valence-corrected chi connectivity index (χ3v) is 3.68. The van der Waals surface area contributed by atoms with Crippen LogP contribution in [0.2, 0.25) is 0 Å². The molecule has 2 N–H and O–H groups in total. The van der Waals surface area contributed by atoms with Gasteiger partial charge in [-0.15, -0.1) is 12.6 Å². The van der Waals surface area contributed by atoms with E-state index in [0.717, 1.165) is 5.39 Å². The fraction of sp³-hybridized carbons (Fsp3) is 0. The number of fused-ring (bicyclic) bond motifs is 1. The maximum absolute atomic E-state index is 11.4. The molecule has 0 atom stereocenters. The molecule has 0 heterocycles. The number of thiol groups is 1. The van der Waals surface area contributed by atoms with Crippen molar-refractivity contribution in [2.45, 2.75) is 9.79 Å². The van der Waals surface area contributed by atoms with E-state index < -0.39 is 10.0 Å². The van der Waals surface area contributed by atoms with Gasteiger partial charge in [0.1, 0.15) is 4.90 Å². The molecule has 78 valence electrons. The zero-order valence-electron chi connectivity index (χ0n) is 7.71. The molecule has 0 saturated heterocycles. The predicted molar refractivity (Wildman–Crippen MR) is 62.6 cm³/mol. The Balaban J connectivity index is 2.99. The van der Waals surface area contributed by atoms with Gasteiger partial charge in [0, 0.05) is 10.3 Å². The van der Waals surface area contributed by atoms with Gasteiger partial charge in [-0.1, -0.05) is 30.3 Å². The predicted octanol–water partition coefficient (Wildman–Crippen LogP) is 1.78. The van der Waals surface area contributed by atoms with E-state index in [1.165, 1.54) is 0 Å². The molecule has 5 heteroatoms. The summed E-state index contributed by atoms with van der Waals surface area (Å²) in [4.78, 5) is 0.458. The highest BCUT2D eigenvalue weighted by Gasteiger charge is 2.15. The largest absolute Gasteiger partial charge is 0.239 e. The van der Waals surface area contributed by atoms with Gasteiger partial charge in [-0.3, -0.25) is 0 Å². The Hall–Kier alpha value is -1.04. The van der Waals surface area contributed by atoms with E-state index in [-0.39, 0.29) is 4.90 Å². The van der Waals surface area contributed by atoms with Crippen LogP contribution < -0.4 is 5.14 Å². The van der Waals surface area contributed by atoms with Gasteiger partial charge in [0.05, 0.1) is 0 Å². The van der Waals surface area contributed by atoms with Crippen LogP contribution in [-0.2, 0) is 10.0 Å². The summed E-state index contributed by atoms with van der Waals surface area (Å²) in [7, 11) is -3.74. The van der Waals surface area contributed by atoms with Gasteiger partial charge < -0.3 is 0 Å². The first-order valence-corrected chi connectivity index (χ1v) is 6.23. The lowest BCUT2D eigenvalue weighted by molar-refractivity contribution is 0.597. The lowest BCUT2D eigenvalue weighted by Crippen LogP contribution is -2.13. The smallest absolute Gasteiger partial charge is 0.225 e. The Labute approximate surface area is 93.4 Å². The SMILES string of the molecule is NS(=O)(=O)c1c(S)ccc2ccccc12. The summed E-state index contributed by atoms with van der Waals surface area (Å²) >= 11 is 4.11. The third kappa shape index (κ3) is 1.86. The Morgan fingerprint density at radius 1 is 1.07 bits per heavy atom. The number of hydrogen-bond acceptors (Lipinski definition) is 3. The minimum absolute atomic E-state index is 0.0870. The van der Waals surface area contributed by atoms with Gasteiger partial charge in [-0.25, -0.2) is 13.6 Å². The van der Waals surface area contributed by atoms with E-state index in [1.54, 1.807) is 18.2 Å². The van der Waals surface area contributed by atoms with Gasteiger partial charge in [0.2, 0.25) is 10.0 Å². The minimum atomic E-state index is -3.74. The van der Waals surface area contributed by atoms with Crippen molar-refractivity contribution in [2.75, 3.05) is 0 Å². The molecule has 2 aromatic carbocycles. The first-order chi connectivity index (χ1) is 7.00. The number of primary sulfonamides is 1. The van der Waals surface area contributed by atoms with Crippen molar-refractivity contribution in [1.29, 1.82) is 0 Å².